The highest BCUT2D eigenvalue weighted by Gasteiger charge is 2.46. The number of hydrogen-bond acceptors (Lipinski definition) is 2. The standard InChI is InChI=1S/C8H13F2NO/c9-8(10)1-6(2-8)3-11-4-7(12)5-11/h6-7,12H,1-5H2. The maximum Gasteiger partial charge on any atom is 0.248 e. The van der Waals surface area contributed by atoms with Gasteiger partial charge in [0.15, 0.2) is 0 Å². The molecule has 1 aliphatic heterocycles. The molecule has 2 rings (SSSR count). The Morgan fingerprint density at radius 2 is 1.92 bits per heavy atom. The fourth-order valence-corrected chi connectivity index (χ4v) is 1.97. The summed E-state index contributed by atoms with van der Waals surface area (Å²) < 4.78 is 24.7. The van der Waals surface area contributed by atoms with Crippen LogP contribution in [0.5, 0.6) is 0 Å². The molecular weight excluding hydrogens is 164 g/mol. The Kier molecular flexibility index (Phi) is 1.84. The van der Waals surface area contributed by atoms with Gasteiger partial charge in [-0.25, -0.2) is 8.78 Å². The van der Waals surface area contributed by atoms with Crippen LogP contribution in [0.3, 0.4) is 0 Å². The number of nitrogens with zero attached hydrogens (tertiary/aromatic N) is 1. The van der Waals surface area contributed by atoms with Crippen LogP contribution in [-0.2, 0) is 0 Å². The number of likely N-dealkylation sites (tertiary alicyclic amines) is 1. The summed E-state index contributed by atoms with van der Waals surface area (Å²) in [7, 11) is 0. The van der Waals surface area contributed by atoms with Crippen LogP contribution >= 0.6 is 0 Å². The van der Waals surface area contributed by atoms with Crippen molar-refractivity contribution in [1.82, 2.24) is 4.90 Å². The molecule has 0 spiro atoms. The minimum Gasteiger partial charge on any atom is -0.390 e. The second kappa shape index (κ2) is 2.64. The number of rotatable bonds is 2. The van der Waals surface area contributed by atoms with Gasteiger partial charge in [-0.3, -0.25) is 4.90 Å². The third-order valence-corrected chi connectivity index (χ3v) is 2.63. The minimum absolute atomic E-state index is 0.0413. The van der Waals surface area contributed by atoms with E-state index in [9.17, 15) is 8.78 Å². The highest BCUT2D eigenvalue weighted by Crippen LogP contribution is 2.42. The van der Waals surface area contributed by atoms with Crippen LogP contribution in [0.2, 0.25) is 0 Å². The van der Waals surface area contributed by atoms with Crippen LogP contribution in [-0.4, -0.2) is 41.7 Å². The number of aliphatic hydroxyl groups is 1. The van der Waals surface area contributed by atoms with Gasteiger partial charge in [0, 0.05) is 32.5 Å². The quantitative estimate of drug-likeness (QED) is 0.671. The van der Waals surface area contributed by atoms with Crippen LogP contribution in [0.25, 0.3) is 0 Å². The van der Waals surface area contributed by atoms with Gasteiger partial charge in [-0.15, -0.1) is 0 Å². The van der Waals surface area contributed by atoms with Gasteiger partial charge in [0.1, 0.15) is 0 Å². The first-order valence-electron chi connectivity index (χ1n) is 4.33. The molecule has 2 aliphatic rings. The zero-order valence-corrected chi connectivity index (χ0v) is 6.84. The summed E-state index contributed by atoms with van der Waals surface area (Å²) in [6.07, 6.45) is -0.135. The van der Waals surface area contributed by atoms with Gasteiger partial charge in [-0.1, -0.05) is 0 Å². The molecule has 0 bridgehead atoms. The number of halogens is 2. The topological polar surface area (TPSA) is 23.5 Å². The summed E-state index contributed by atoms with van der Waals surface area (Å²) in [6.45, 7) is 2.08. The number of hydrogen-bond donors (Lipinski definition) is 1. The molecular formula is C8H13F2NO. The third-order valence-electron chi connectivity index (χ3n) is 2.63. The first-order chi connectivity index (χ1) is 5.55. The van der Waals surface area contributed by atoms with E-state index in [1.54, 1.807) is 0 Å². The van der Waals surface area contributed by atoms with Crippen molar-refractivity contribution in [1.29, 1.82) is 0 Å². The van der Waals surface area contributed by atoms with Crippen molar-refractivity contribution in [2.45, 2.75) is 24.9 Å². The predicted molar refractivity (Wildman–Crippen MR) is 40.1 cm³/mol. The molecule has 2 fully saturated rings. The van der Waals surface area contributed by atoms with E-state index >= 15 is 0 Å². The van der Waals surface area contributed by atoms with Crippen molar-refractivity contribution < 1.29 is 13.9 Å². The largest absolute Gasteiger partial charge is 0.390 e. The zero-order chi connectivity index (χ0) is 8.77. The minimum atomic E-state index is -2.39. The van der Waals surface area contributed by atoms with Gasteiger partial charge in [-0.2, -0.15) is 0 Å². The molecule has 1 saturated heterocycles. The summed E-state index contributed by atoms with van der Waals surface area (Å²) in [5.74, 6) is -2.23. The van der Waals surface area contributed by atoms with Gasteiger partial charge in [0.25, 0.3) is 0 Å². The Hall–Kier alpha value is -0.220. The molecule has 1 saturated carbocycles. The van der Waals surface area contributed by atoms with E-state index in [1.165, 1.54) is 0 Å². The average molecular weight is 177 g/mol. The molecule has 0 aromatic carbocycles. The normalized spacial score (nSPS) is 31.2. The Morgan fingerprint density at radius 1 is 1.33 bits per heavy atom. The maximum absolute atomic E-state index is 12.4. The van der Waals surface area contributed by atoms with Gasteiger partial charge in [-0.05, 0) is 5.92 Å². The van der Waals surface area contributed by atoms with Gasteiger partial charge >= 0.3 is 0 Å². The van der Waals surface area contributed by atoms with Crippen LogP contribution in [0.1, 0.15) is 12.8 Å². The number of aliphatic hydroxyl groups excluding tert-OH is 1. The molecule has 0 unspecified atom stereocenters. The Balaban J connectivity index is 1.64. The van der Waals surface area contributed by atoms with E-state index in [4.69, 9.17) is 5.11 Å². The van der Waals surface area contributed by atoms with E-state index in [-0.39, 0.29) is 24.9 Å². The lowest BCUT2D eigenvalue weighted by Gasteiger charge is -2.43. The lowest BCUT2D eigenvalue weighted by molar-refractivity contribution is -0.125. The second-order valence-electron chi connectivity index (χ2n) is 4.00. The van der Waals surface area contributed by atoms with E-state index in [2.05, 4.69) is 0 Å². The molecule has 0 atom stereocenters. The highest BCUT2D eigenvalue weighted by atomic mass is 19.3. The first kappa shape index (κ1) is 8.38. The molecule has 1 N–H and O–H groups in total. The van der Waals surface area contributed by atoms with Crippen molar-refractivity contribution in [3.8, 4) is 0 Å². The second-order valence-corrected chi connectivity index (χ2v) is 4.00. The molecule has 12 heavy (non-hydrogen) atoms. The van der Waals surface area contributed by atoms with Gasteiger partial charge in [0.2, 0.25) is 5.92 Å². The van der Waals surface area contributed by atoms with Crippen LogP contribution in [0.15, 0.2) is 0 Å². The Labute approximate surface area is 70.2 Å². The van der Waals surface area contributed by atoms with E-state index < -0.39 is 5.92 Å². The Bertz CT molecular complexity index is 172. The van der Waals surface area contributed by atoms with E-state index in [1.807, 2.05) is 4.90 Å². The van der Waals surface area contributed by atoms with E-state index in [0.29, 0.717) is 13.1 Å². The molecule has 0 radical (unpaired) electrons. The molecule has 4 heteroatoms. The lowest BCUT2D eigenvalue weighted by atomic mass is 9.80. The van der Waals surface area contributed by atoms with Crippen LogP contribution < -0.4 is 0 Å². The lowest BCUT2D eigenvalue weighted by Crippen LogP contribution is -2.54. The van der Waals surface area contributed by atoms with Crippen molar-refractivity contribution >= 4 is 0 Å². The summed E-state index contributed by atoms with van der Waals surface area (Å²) in [6, 6.07) is 0. The summed E-state index contributed by atoms with van der Waals surface area (Å²) in [4.78, 5) is 2.03. The van der Waals surface area contributed by atoms with Crippen molar-refractivity contribution in [3.63, 3.8) is 0 Å². The SMILES string of the molecule is OC1CN(CC2CC(F)(F)C2)C1. The Morgan fingerprint density at radius 3 is 2.33 bits per heavy atom. The average Bonchev–Trinajstić information content (AvgIpc) is 1.80. The summed E-state index contributed by atoms with van der Waals surface area (Å²) in [5.41, 5.74) is 0. The molecule has 0 aromatic rings. The van der Waals surface area contributed by atoms with Crippen LogP contribution in [0, 0.1) is 5.92 Å². The summed E-state index contributed by atoms with van der Waals surface area (Å²) in [5, 5.41) is 8.93. The number of alkyl halides is 2. The van der Waals surface area contributed by atoms with Crippen molar-refractivity contribution in [2.75, 3.05) is 19.6 Å². The first-order valence-corrected chi connectivity index (χ1v) is 4.33. The molecule has 1 heterocycles. The maximum atomic E-state index is 12.4. The molecule has 0 aromatic heterocycles. The van der Waals surface area contributed by atoms with Crippen LogP contribution in [0.4, 0.5) is 8.78 Å². The smallest absolute Gasteiger partial charge is 0.248 e. The zero-order valence-electron chi connectivity index (χ0n) is 6.84. The van der Waals surface area contributed by atoms with Crippen molar-refractivity contribution in [3.05, 3.63) is 0 Å². The monoisotopic (exact) mass is 177 g/mol. The van der Waals surface area contributed by atoms with Crippen molar-refractivity contribution in [2.24, 2.45) is 5.92 Å². The van der Waals surface area contributed by atoms with Gasteiger partial charge < -0.3 is 5.11 Å². The predicted octanol–water partition coefficient (Wildman–Crippen LogP) is 0.708. The molecule has 0 amide bonds. The van der Waals surface area contributed by atoms with E-state index in [0.717, 1.165) is 6.54 Å². The third kappa shape index (κ3) is 1.59. The summed E-state index contributed by atoms with van der Waals surface area (Å²) >= 11 is 0. The molecule has 2 nitrogen and oxygen atoms in total. The molecule has 1 aliphatic carbocycles. The van der Waals surface area contributed by atoms with Gasteiger partial charge in [0.05, 0.1) is 6.10 Å². The highest BCUT2D eigenvalue weighted by molar-refractivity contribution is 4.90. The molecule has 70 valence electrons. The fourth-order valence-electron chi connectivity index (χ4n) is 1.97. The number of β-amino-alcohol motifs (C(OH)–C–C–N with tert-alkyl or cyclic N) is 1. The fraction of sp³-hybridized carbons (Fsp3) is 1.00.